The lowest BCUT2D eigenvalue weighted by Crippen LogP contribution is -2.18. The van der Waals surface area contributed by atoms with E-state index in [1.807, 2.05) is 32.0 Å². The molecule has 2 rings (SSSR count). The zero-order chi connectivity index (χ0) is 13.3. The molecule has 4 nitrogen and oxygen atoms in total. The predicted octanol–water partition coefficient (Wildman–Crippen LogP) is 2.70. The van der Waals surface area contributed by atoms with Crippen molar-refractivity contribution >= 4 is 23.3 Å². The molecule has 0 aliphatic carbocycles. The van der Waals surface area contributed by atoms with Crippen molar-refractivity contribution in [1.29, 1.82) is 0 Å². The first-order valence-electron chi connectivity index (χ1n) is 5.50. The van der Waals surface area contributed by atoms with E-state index in [1.165, 1.54) is 12.7 Å². The topological polar surface area (TPSA) is 47.6 Å². The van der Waals surface area contributed by atoms with Crippen LogP contribution in [0.3, 0.4) is 0 Å². The molecule has 0 aromatic heterocycles. The predicted molar refractivity (Wildman–Crippen MR) is 69.3 cm³/mol. The van der Waals surface area contributed by atoms with Gasteiger partial charge in [-0.3, -0.25) is 0 Å². The first-order valence-corrected chi connectivity index (χ1v) is 5.88. The molecule has 1 aliphatic rings. The highest BCUT2D eigenvalue weighted by atomic mass is 35.5. The fourth-order valence-electron chi connectivity index (χ4n) is 1.68. The zero-order valence-electron chi connectivity index (χ0n) is 10.4. The van der Waals surface area contributed by atoms with E-state index < -0.39 is 12.3 Å². The Kier molecular flexibility index (Phi) is 3.59. The van der Waals surface area contributed by atoms with Crippen LogP contribution in [0.15, 0.2) is 28.9 Å². The number of anilines is 1. The summed E-state index contributed by atoms with van der Waals surface area (Å²) < 4.78 is 9.97. The van der Waals surface area contributed by atoms with Gasteiger partial charge in [-0.1, -0.05) is 17.7 Å². The standard InChI is InChI=1S/C13H14ClNO3/c1-7-4-5-9(6-8(7)2)15-11-10(14)12(16)18-13(11)17-3/h4-6,13,15H,1-3H3/t13-/m1/s1. The number of methoxy groups -OCH3 is 1. The lowest BCUT2D eigenvalue weighted by Gasteiger charge is -2.14. The van der Waals surface area contributed by atoms with E-state index in [2.05, 4.69) is 5.32 Å². The van der Waals surface area contributed by atoms with Crippen molar-refractivity contribution in [2.24, 2.45) is 0 Å². The van der Waals surface area contributed by atoms with E-state index in [0.29, 0.717) is 5.70 Å². The van der Waals surface area contributed by atoms with Crippen molar-refractivity contribution in [3.63, 3.8) is 0 Å². The summed E-state index contributed by atoms with van der Waals surface area (Å²) in [6.07, 6.45) is -0.772. The van der Waals surface area contributed by atoms with Gasteiger partial charge in [0.25, 0.3) is 0 Å². The van der Waals surface area contributed by atoms with Crippen LogP contribution in [-0.4, -0.2) is 19.4 Å². The van der Waals surface area contributed by atoms with E-state index in [-0.39, 0.29) is 5.03 Å². The van der Waals surface area contributed by atoms with Crippen molar-refractivity contribution < 1.29 is 14.3 Å². The molecule has 0 radical (unpaired) electrons. The maximum Gasteiger partial charge on any atom is 0.354 e. The lowest BCUT2D eigenvalue weighted by molar-refractivity contribution is -0.155. The summed E-state index contributed by atoms with van der Waals surface area (Å²) >= 11 is 5.89. The van der Waals surface area contributed by atoms with Gasteiger partial charge in [0.15, 0.2) is 5.03 Å². The molecule has 96 valence electrons. The number of esters is 1. The van der Waals surface area contributed by atoms with Crippen molar-refractivity contribution in [1.82, 2.24) is 0 Å². The van der Waals surface area contributed by atoms with E-state index >= 15 is 0 Å². The third kappa shape index (κ3) is 2.35. The molecule has 0 spiro atoms. The van der Waals surface area contributed by atoms with Crippen molar-refractivity contribution in [3.8, 4) is 0 Å². The fourth-order valence-corrected chi connectivity index (χ4v) is 1.86. The Morgan fingerprint density at radius 2 is 2.06 bits per heavy atom. The van der Waals surface area contributed by atoms with Gasteiger partial charge in [-0.15, -0.1) is 0 Å². The van der Waals surface area contributed by atoms with Crippen LogP contribution in [0.4, 0.5) is 5.69 Å². The zero-order valence-corrected chi connectivity index (χ0v) is 11.2. The molecule has 1 aliphatic heterocycles. The Labute approximate surface area is 111 Å². The minimum atomic E-state index is -0.772. The van der Waals surface area contributed by atoms with Gasteiger partial charge in [-0.05, 0) is 37.1 Å². The number of ether oxygens (including phenoxy) is 2. The first kappa shape index (κ1) is 12.9. The number of hydrogen-bond donors (Lipinski definition) is 1. The molecule has 0 fully saturated rings. The normalized spacial score (nSPS) is 19.1. The smallest absolute Gasteiger partial charge is 0.354 e. The first-order chi connectivity index (χ1) is 8.52. The highest BCUT2D eigenvalue weighted by Crippen LogP contribution is 2.28. The van der Waals surface area contributed by atoms with Gasteiger partial charge in [0.1, 0.15) is 5.70 Å². The third-order valence-corrected chi connectivity index (χ3v) is 3.22. The highest BCUT2D eigenvalue weighted by molar-refractivity contribution is 6.42. The number of nitrogens with one attached hydrogen (secondary N) is 1. The van der Waals surface area contributed by atoms with Crippen LogP contribution in [-0.2, 0) is 14.3 Å². The third-order valence-electron chi connectivity index (χ3n) is 2.87. The second kappa shape index (κ2) is 5.00. The largest absolute Gasteiger partial charge is 0.425 e. The maximum atomic E-state index is 11.3. The van der Waals surface area contributed by atoms with E-state index in [4.69, 9.17) is 21.1 Å². The summed E-state index contributed by atoms with van der Waals surface area (Å²) in [4.78, 5) is 11.3. The molecule has 0 saturated carbocycles. The van der Waals surface area contributed by atoms with Crippen LogP contribution in [0.2, 0.25) is 0 Å². The Morgan fingerprint density at radius 3 is 2.67 bits per heavy atom. The Balaban J connectivity index is 2.27. The van der Waals surface area contributed by atoms with Crippen LogP contribution in [0.5, 0.6) is 0 Å². The van der Waals surface area contributed by atoms with Gasteiger partial charge in [0, 0.05) is 12.8 Å². The molecule has 0 saturated heterocycles. The average Bonchev–Trinajstić information content (AvgIpc) is 2.61. The van der Waals surface area contributed by atoms with Crippen LogP contribution in [0.25, 0.3) is 0 Å². The monoisotopic (exact) mass is 267 g/mol. The Hall–Kier alpha value is -1.52. The highest BCUT2D eigenvalue weighted by Gasteiger charge is 2.33. The van der Waals surface area contributed by atoms with Crippen LogP contribution >= 0.6 is 11.6 Å². The molecule has 0 amide bonds. The SMILES string of the molecule is CO[C@@H]1OC(=O)C(Cl)=C1Nc1ccc(C)c(C)c1. The molecule has 1 atom stereocenters. The second-order valence-electron chi connectivity index (χ2n) is 4.12. The summed E-state index contributed by atoms with van der Waals surface area (Å²) in [5, 5.41) is 3.09. The maximum absolute atomic E-state index is 11.3. The molecule has 1 aromatic carbocycles. The molecule has 1 aromatic rings. The molecular formula is C13H14ClNO3. The van der Waals surface area contributed by atoms with Crippen molar-refractivity contribution in [3.05, 3.63) is 40.1 Å². The Morgan fingerprint density at radius 1 is 1.33 bits per heavy atom. The average molecular weight is 268 g/mol. The van der Waals surface area contributed by atoms with Gasteiger partial charge in [0.2, 0.25) is 6.29 Å². The summed E-state index contributed by atoms with van der Waals surface area (Å²) in [7, 11) is 1.45. The molecule has 1 N–H and O–H groups in total. The van der Waals surface area contributed by atoms with Crippen LogP contribution in [0.1, 0.15) is 11.1 Å². The van der Waals surface area contributed by atoms with Crippen LogP contribution in [0, 0.1) is 13.8 Å². The number of halogens is 1. The number of carbonyl (C=O) groups excluding carboxylic acids is 1. The molecular weight excluding hydrogens is 254 g/mol. The fraction of sp³-hybridized carbons (Fsp3) is 0.308. The quantitative estimate of drug-likeness (QED) is 0.856. The summed E-state index contributed by atoms with van der Waals surface area (Å²) in [6.45, 7) is 4.05. The Bertz CT molecular complexity index is 525. The van der Waals surface area contributed by atoms with Gasteiger partial charge in [-0.2, -0.15) is 0 Å². The summed E-state index contributed by atoms with van der Waals surface area (Å²) in [5.74, 6) is -0.574. The molecule has 5 heteroatoms. The summed E-state index contributed by atoms with van der Waals surface area (Å²) in [5.41, 5.74) is 3.62. The molecule has 18 heavy (non-hydrogen) atoms. The van der Waals surface area contributed by atoms with Gasteiger partial charge >= 0.3 is 5.97 Å². The lowest BCUT2D eigenvalue weighted by atomic mass is 10.1. The number of rotatable bonds is 3. The van der Waals surface area contributed by atoms with Gasteiger partial charge in [-0.25, -0.2) is 4.79 Å². The van der Waals surface area contributed by atoms with Gasteiger partial charge in [0.05, 0.1) is 0 Å². The molecule has 0 unspecified atom stereocenters. The number of carbonyl (C=O) groups is 1. The minimum absolute atomic E-state index is 0.0279. The van der Waals surface area contributed by atoms with Crippen molar-refractivity contribution in [2.45, 2.75) is 20.1 Å². The minimum Gasteiger partial charge on any atom is -0.425 e. The van der Waals surface area contributed by atoms with Crippen LogP contribution < -0.4 is 5.32 Å². The number of benzene rings is 1. The van der Waals surface area contributed by atoms with Gasteiger partial charge < -0.3 is 14.8 Å². The number of aryl methyl sites for hydroxylation is 2. The number of cyclic esters (lactones) is 1. The molecule has 0 bridgehead atoms. The van der Waals surface area contributed by atoms with Crippen molar-refractivity contribution in [2.75, 3.05) is 12.4 Å². The second-order valence-corrected chi connectivity index (χ2v) is 4.50. The van der Waals surface area contributed by atoms with E-state index in [9.17, 15) is 4.79 Å². The van der Waals surface area contributed by atoms with E-state index in [1.54, 1.807) is 0 Å². The number of hydrogen-bond acceptors (Lipinski definition) is 4. The summed E-state index contributed by atoms with van der Waals surface area (Å²) in [6, 6.07) is 5.88. The van der Waals surface area contributed by atoms with E-state index in [0.717, 1.165) is 11.3 Å². The molecule has 1 heterocycles.